The molecule has 0 aliphatic rings. The first kappa shape index (κ1) is 27.4. The highest BCUT2D eigenvalue weighted by Gasteiger charge is 2.20. The Labute approximate surface area is 221 Å². The van der Waals surface area contributed by atoms with E-state index in [1.54, 1.807) is 25.1 Å². The monoisotopic (exact) mass is 545 g/mol. The molecule has 3 rings (SSSR count). The summed E-state index contributed by atoms with van der Waals surface area (Å²) < 4.78 is 16.4. The van der Waals surface area contributed by atoms with Gasteiger partial charge in [0.25, 0.3) is 5.91 Å². The maximum atomic E-state index is 12.6. The van der Waals surface area contributed by atoms with Gasteiger partial charge in [-0.15, -0.1) is 0 Å². The molecule has 0 aromatic heterocycles. The van der Waals surface area contributed by atoms with Gasteiger partial charge >= 0.3 is 11.7 Å². The largest absolute Gasteiger partial charge is 0.490 e. The number of benzene rings is 3. The van der Waals surface area contributed by atoms with Crippen LogP contribution in [0.5, 0.6) is 17.2 Å². The molecule has 1 N–H and O–H groups in total. The van der Waals surface area contributed by atoms with Gasteiger partial charge in [0.1, 0.15) is 0 Å². The first-order chi connectivity index (χ1) is 17.7. The zero-order chi connectivity index (χ0) is 26.9. The van der Waals surface area contributed by atoms with Crippen molar-refractivity contribution < 1.29 is 28.7 Å². The maximum absolute atomic E-state index is 12.6. The van der Waals surface area contributed by atoms with Crippen molar-refractivity contribution >= 4 is 47.0 Å². The molecule has 1 amide bonds. The van der Waals surface area contributed by atoms with Crippen LogP contribution in [-0.4, -0.2) is 35.7 Å². The van der Waals surface area contributed by atoms with Crippen molar-refractivity contribution in [3.63, 3.8) is 0 Å². The Kier molecular flexibility index (Phi) is 9.42. The molecule has 0 fully saturated rings. The number of carbonyl (C=O) groups excluding carboxylic acids is 2. The second kappa shape index (κ2) is 12.7. The minimum absolute atomic E-state index is 0.0366. The first-order valence-electron chi connectivity index (χ1n) is 10.9. The fourth-order valence-corrected chi connectivity index (χ4v) is 3.47. The number of hydrogen-bond donors (Lipinski definition) is 1. The lowest BCUT2D eigenvalue weighted by atomic mass is 10.2. The third-order valence-electron chi connectivity index (χ3n) is 4.74. The number of carbonyl (C=O) groups is 2. The smallest absolute Gasteiger partial charge is 0.345 e. The second-order valence-electron chi connectivity index (χ2n) is 7.37. The minimum Gasteiger partial charge on any atom is -0.490 e. The van der Waals surface area contributed by atoms with Gasteiger partial charge < -0.3 is 14.2 Å². The molecule has 3 aromatic carbocycles. The lowest BCUT2D eigenvalue weighted by Crippen LogP contribution is -2.33. The van der Waals surface area contributed by atoms with Crippen LogP contribution >= 0.6 is 23.2 Å². The molecule has 0 spiro atoms. The van der Waals surface area contributed by atoms with Crippen LogP contribution in [0.4, 0.5) is 5.69 Å². The number of nitrogens with zero attached hydrogens (tertiary/aromatic N) is 2. The summed E-state index contributed by atoms with van der Waals surface area (Å²) in [4.78, 5) is 35.4. The summed E-state index contributed by atoms with van der Waals surface area (Å²) >= 11 is 12.0. The summed E-state index contributed by atoms with van der Waals surface area (Å²) in [6.07, 6.45) is 0.290. The van der Waals surface area contributed by atoms with Crippen LogP contribution in [0, 0.1) is 10.1 Å². The number of ether oxygens (including phenoxy) is 3. The molecule has 0 heterocycles. The topological polar surface area (TPSA) is 129 Å². The van der Waals surface area contributed by atoms with Gasteiger partial charge in [-0.05, 0) is 61.9 Å². The standard InChI is InChI=1S/C25H21Cl2N3O7/c1-3-35-23-12-16(8-11-22(23)37-25(32)18-10-9-17(26)13-19(18)27)14-28-29-24(31)15(2)36-21-7-5-4-6-20(21)30(33)34/h4-15H,3H2,1-2H3,(H,29,31)/b28-14-/t15-/m0/s1. The predicted octanol–water partition coefficient (Wildman–Crippen LogP) is 5.44. The van der Waals surface area contributed by atoms with Gasteiger partial charge in [0, 0.05) is 11.1 Å². The van der Waals surface area contributed by atoms with Crippen LogP contribution in [0.3, 0.4) is 0 Å². The van der Waals surface area contributed by atoms with Crippen LogP contribution in [0.25, 0.3) is 0 Å². The second-order valence-corrected chi connectivity index (χ2v) is 8.22. The quantitative estimate of drug-likeness (QED) is 0.118. The Morgan fingerprint density at radius 2 is 1.84 bits per heavy atom. The van der Waals surface area contributed by atoms with Crippen LogP contribution in [0.2, 0.25) is 10.0 Å². The number of halogens is 2. The van der Waals surface area contributed by atoms with Gasteiger partial charge in [-0.3, -0.25) is 14.9 Å². The maximum Gasteiger partial charge on any atom is 0.345 e. The summed E-state index contributed by atoms with van der Waals surface area (Å²) in [5.74, 6) is -0.922. The van der Waals surface area contributed by atoms with E-state index in [1.807, 2.05) is 0 Å². The Morgan fingerprint density at radius 1 is 1.08 bits per heavy atom. The molecule has 12 heteroatoms. The van der Waals surface area contributed by atoms with Crippen LogP contribution in [0.1, 0.15) is 29.8 Å². The van der Waals surface area contributed by atoms with Crippen molar-refractivity contribution in [2.45, 2.75) is 20.0 Å². The van der Waals surface area contributed by atoms with E-state index < -0.39 is 22.9 Å². The normalized spacial score (nSPS) is 11.6. The molecule has 0 unspecified atom stereocenters. The molecule has 0 bridgehead atoms. The molecular weight excluding hydrogens is 525 g/mol. The van der Waals surface area contributed by atoms with Crippen molar-refractivity contribution in [1.29, 1.82) is 0 Å². The number of esters is 1. The van der Waals surface area contributed by atoms with E-state index in [-0.39, 0.29) is 33.5 Å². The molecule has 37 heavy (non-hydrogen) atoms. The zero-order valence-corrected chi connectivity index (χ0v) is 21.2. The van der Waals surface area contributed by atoms with Crippen LogP contribution < -0.4 is 19.6 Å². The Hall–Kier alpha value is -4.15. The number of nitrogens with one attached hydrogen (secondary N) is 1. The van der Waals surface area contributed by atoms with Crippen molar-refractivity contribution in [1.82, 2.24) is 5.43 Å². The number of nitro groups is 1. The third-order valence-corrected chi connectivity index (χ3v) is 5.29. The van der Waals surface area contributed by atoms with E-state index in [1.165, 1.54) is 55.6 Å². The molecule has 0 aliphatic heterocycles. The summed E-state index contributed by atoms with van der Waals surface area (Å²) in [5, 5.41) is 15.5. The van der Waals surface area contributed by atoms with E-state index in [0.717, 1.165) is 0 Å². The number of hydrogen-bond acceptors (Lipinski definition) is 8. The zero-order valence-electron chi connectivity index (χ0n) is 19.6. The van der Waals surface area contributed by atoms with E-state index in [4.69, 9.17) is 37.4 Å². The molecule has 1 atom stereocenters. The molecule has 0 saturated carbocycles. The fraction of sp³-hybridized carbons (Fsp3) is 0.160. The summed E-state index contributed by atoms with van der Waals surface area (Å²) in [5.41, 5.74) is 2.72. The van der Waals surface area contributed by atoms with E-state index in [0.29, 0.717) is 17.2 Å². The van der Waals surface area contributed by atoms with Crippen molar-refractivity contribution in [2.24, 2.45) is 5.10 Å². The number of nitro benzene ring substituents is 1. The minimum atomic E-state index is -1.06. The number of amides is 1. The van der Waals surface area contributed by atoms with Gasteiger partial charge in [-0.25, -0.2) is 10.2 Å². The molecule has 10 nitrogen and oxygen atoms in total. The van der Waals surface area contributed by atoms with Gasteiger partial charge in [0.05, 0.1) is 28.3 Å². The highest BCUT2D eigenvalue weighted by Crippen LogP contribution is 2.30. The van der Waals surface area contributed by atoms with Crippen molar-refractivity contribution in [3.8, 4) is 17.2 Å². The highest BCUT2D eigenvalue weighted by atomic mass is 35.5. The van der Waals surface area contributed by atoms with E-state index in [9.17, 15) is 19.7 Å². The van der Waals surface area contributed by atoms with Crippen LogP contribution in [0.15, 0.2) is 65.8 Å². The van der Waals surface area contributed by atoms with E-state index >= 15 is 0 Å². The number of hydrazone groups is 1. The summed E-state index contributed by atoms with van der Waals surface area (Å²) in [6, 6.07) is 14.8. The van der Waals surface area contributed by atoms with Crippen molar-refractivity contribution in [3.05, 3.63) is 92.0 Å². The first-order valence-corrected chi connectivity index (χ1v) is 11.6. The molecule has 0 saturated heterocycles. The Morgan fingerprint density at radius 3 is 2.54 bits per heavy atom. The lowest BCUT2D eigenvalue weighted by molar-refractivity contribution is -0.386. The molecule has 0 aliphatic carbocycles. The predicted molar refractivity (Wildman–Crippen MR) is 138 cm³/mol. The van der Waals surface area contributed by atoms with Crippen molar-refractivity contribution in [2.75, 3.05) is 6.61 Å². The average Bonchev–Trinajstić information content (AvgIpc) is 2.85. The van der Waals surface area contributed by atoms with Gasteiger partial charge in [-0.1, -0.05) is 35.3 Å². The third kappa shape index (κ3) is 7.42. The molecule has 3 aromatic rings. The highest BCUT2D eigenvalue weighted by molar-refractivity contribution is 6.36. The molecular formula is C25H21Cl2N3O7. The summed E-state index contributed by atoms with van der Waals surface area (Å²) in [6.45, 7) is 3.50. The number of rotatable bonds is 10. The van der Waals surface area contributed by atoms with Crippen LogP contribution in [-0.2, 0) is 4.79 Å². The Bertz CT molecular complexity index is 1350. The molecule has 0 radical (unpaired) electrons. The molecule has 192 valence electrons. The Balaban J connectivity index is 1.66. The summed E-state index contributed by atoms with van der Waals surface area (Å²) in [7, 11) is 0. The lowest BCUT2D eigenvalue weighted by Gasteiger charge is -2.13. The van der Waals surface area contributed by atoms with E-state index in [2.05, 4.69) is 10.5 Å². The van der Waals surface area contributed by atoms with Gasteiger partial charge in [0.15, 0.2) is 23.4 Å². The fourth-order valence-electron chi connectivity index (χ4n) is 2.98. The van der Waals surface area contributed by atoms with Gasteiger partial charge in [-0.2, -0.15) is 5.10 Å². The SMILES string of the molecule is CCOc1cc(/C=N\NC(=O)[C@H](C)Oc2ccccc2[N+](=O)[O-])ccc1OC(=O)c1ccc(Cl)cc1Cl. The van der Waals surface area contributed by atoms with Gasteiger partial charge in [0.2, 0.25) is 0 Å². The number of para-hydroxylation sites is 2. The average molecular weight is 546 g/mol.